The number of anilines is 2. The van der Waals surface area contributed by atoms with Gasteiger partial charge in [0.15, 0.2) is 11.6 Å². The fraction of sp³-hybridized carbons (Fsp3) is 0.0476. The quantitative estimate of drug-likeness (QED) is 0.500. The van der Waals surface area contributed by atoms with Gasteiger partial charge in [-0.15, -0.1) is 0 Å². The molecule has 3 aromatic carbocycles. The van der Waals surface area contributed by atoms with Crippen molar-refractivity contribution in [1.29, 1.82) is 0 Å². The van der Waals surface area contributed by atoms with Crippen LogP contribution in [0.2, 0.25) is 0 Å². The molecule has 146 valence electrons. The molecule has 6 nitrogen and oxygen atoms in total. The first kappa shape index (κ1) is 18.8. The molecule has 0 saturated carbocycles. The van der Waals surface area contributed by atoms with E-state index in [9.17, 15) is 12.8 Å². The van der Waals surface area contributed by atoms with Crippen molar-refractivity contribution in [2.45, 2.75) is 11.4 Å². The molecule has 0 spiro atoms. The number of halogens is 1. The van der Waals surface area contributed by atoms with E-state index in [1.54, 1.807) is 54.6 Å². The molecule has 8 heteroatoms. The highest BCUT2D eigenvalue weighted by atomic mass is 32.2. The molecule has 0 aliphatic carbocycles. The second-order valence-corrected chi connectivity index (χ2v) is 7.96. The molecule has 0 bridgehead atoms. The molecule has 0 amide bonds. The lowest BCUT2D eigenvalue weighted by Crippen LogP contribution is -2.16. The third kappa shape index (κ3) is 4.17. The van der Waals surface area contributed by atoms with Crippen molar-refractivity contribution in [1.82, 2.24) is 9.97 Å². The number of nitrogens with one attached hydrogen (secondary N) is 2. The zero-order valence-electron chi connectivity index (χ0n) is 15.2. The maximum atomic E-state index is 14.0. The maximum absolute atomic E-state index is 14.0. The first-order chi connectivity index (χ1) is 14.0. The molecular formula is C21H17FN4O2S. The smallest absolute Gasteiger partial charge is 0.263 e. The minimum Gasteiger partial charge on any atom is -0.363 e. The average Bonchev–Trinajstić information content (AvgIpc) is 2.73. The van der Waals surface area contributed by atoms with Crippen molar-refractivity contribution in [3.63, 3.8) is 0 Å². The molecule has 0 aliphatic rings. The topological polar surface area (TPSA) is 84.0 Å². The summed E-state index contributed by atoms with van der Waals surface area (Å²) in [5.41, 5.74) is 1.56. The highest BCUT2D eigenvalue weighted by Crippen LogP contribution is 2.25. The van der Waals surface area contributed by atoms with Crippen LogP contribution in [0, 0.1) is 5.82 Å². The Kier molecular flexibility index (Phi) is 5.09. The Morgan fingerprint density at radius 1 is 0.759 bits per heavy atom. The van der Waals surface area contributed by atoms with Gasteiger partial charge in [0.1, 0.15) is 5.82 Å². The fourth-order valence-electron chi connectivity index (χ4n) is 2.80. The van der Waals surface area contributed by atoms with Gasteiger partial charge in [-0.05, 0) is 30.3 Å². The number of rotatable bonds is 6. The summed E-state index contributed by atoms with van der Waals surface area (Å²) in [6.45, 7) is 0.125. The molecular weight excluding hydrogens is 391 g/mol. The van der Waals surface area contributed by atoms with Crippen LogP contribution in [-0.2, 0) is 16.6 Å². The van der Waals surface area contributed by atoms with Gasteiger partial charge in [-0.25, -0.2) is 22.8 Å². The maximum Gasteiger partial charge on any atom is 0.263 e. The van der Waals surface area contributed by atoms with Gasteiger partial charge in [0.2, 0.25) is 0 Å². The lowest BCUT2D eigenvalue weighted by atomic mass is 10.2. The molecule has 0 atom stereocenters. The molecule has 0 fully saturated rings. The molecule has 29 heavy (non-hydrogen) atoms. The van der Waals surface area contributed by atoms with E-state index in [0.29, 0.717) is 16.6 Å². The molecule has 0 aliphatic heterocycles. The van der Waals surface area contributed by atoms with Crippen LogP contribution in [-0.4, -0.2) is 18.4 Å². The highest BCUT2D eigenvalue weighted by Gasteiger charge is 2.18. The molecule has 4 aromatic rings. The number of sulfonamides is 1. The van der Waals surface area contributed by atoms with Crippen LogP contribution in [0.1, 0.15) is 5.56 Å². The number of para-hydroxylation sites is 2. The lowest BCUT2D eigenvalue weighted by molar-refractivity contribution is 0.601. The fourth-order valence-corrected chi connectivity index (χ4v) is 3.83. The summed E-state index contributed by atoms with van der Waals surface area (Å²) in [7, 11) is -3.86. The molecule has 0 radical (unpaired) electrons. The van der Waals surface area contributed by atoms with Crippen molar-refractivity contribution in [3.8, 4) is 0 Å². The molecule has 0 saturated heterocycles. The van der Waals surface area contributed by atoms with Gasteiger partial charge in [-0.3, -0.25) is 4.72 Å². The zero-order chi connectivity index (χ0) is 20.3. The minimum absolute atomic E-state index is 0.0453. The van der Waals surface area contributed by atoms with Crippen molar-refractivity contribution < 1.29 is 12.8 Å². The SMILES string of the molecule is O=S(=O)(Nc1nc2ccccc2nc1NCc1ccccc1F)c1ccccc1. The Labute approximate surface area is 167 Å². The summed E-state index contributed by atoms with van der Waals surface area (Å²) < 4.78 is 41.9. The number of nitrogens with zero attached hydrogens (tertiary/aromatic N) is 2. The lowest BCUT2D eigenvalue weighted by Gasteiger charge is -2.14. The van der Waals surface area contributed by atoms with Crippen LogP contribution in [0.25, 0.3) is 11.0 Å². The largest absolute Gasteiger partial charge is 0.363 e. The van der Waals surface area contributed by atoms with Crippen LogP contribution in [0.3, 0.4) is 0 Å². The molecule has 0 unspecified atom stereocenters. The predicted octanol–water partition coefficient (Wildman–Crippen LogP) is 4.18. The Morgan fingerprint density at radius 2 is 1.34 bits per heavy atom. The van der Waals surface area contributed by atoms with E-state index >= 15 is 0 Å². The Morgan fingerprint density at radius 3 is 2.03 bits per heavy atom. The van der Waals surface area contributed by atoms with E-state index in [2.05, 4.69) is 20.0 Å². The molecule has 4 rings (SSSR count). The monoisotopic (exact) mass is 408 g/mol. The van der Waals surface area contributed by atoms with Crippen LogP contribution < -0.4 is 10.0 Å². The second-order valence-electron chi connectivity index (χ2n) is 6.27. The van der Waals surface area contributed by atoms with E-state index in [-0.39, 0.29) is 28.9 Å². The first-order valence-electron chi connectivity index (χ1n) is 8.85. The van der Waals surface area contributed by atoms with E-state index in [0.717, 1.165) is 0 Å². The zero-order valence-corrected chi connectivity index (χ0v) is 16.0. The number of hydrogen-bond donors (Lipinski definition) is 2. The van der Waals surface area contributed by atoms with Crippen LogP contribution in [0.15, 0.2) is 83.8 Å². The van der Waals surface area contributed by atoms with Crippen LogP contribution in [0.5, 0.6) is 0 Å². The first-order valence-corrected chi connectivity index (χ1v) is 10.3. The number of benzene rings is 3. The van der Waals surface area contributed by atoms with E-state index in [4.69, 9.17) is 0 Å². The van der Waals surface area contributed by atoms with Gasteiger partial charge in [0.05, 0.1) is 15.9 Å². The number of hydrogen-bond acceptors (Lipinski definition) is 5. The van der Waals surface area contributed by atoms with Gasteiger partial charge in [-0.2, -0.15) is 0 Å². The average molecular weight is 408 g/mol. The van der Waals surface area contributed by atoms with Crippen molar-refractivity contribution in [2.75, 3.05) is 10.0 Å². The predicted molar refractivity (Wildman–Crippen MR) is 111 cm³/mol. The standard InChI is InChI=1S/C21H17FN4O2S/c22-17-11-5-4-8-15(17)14-23-20-21(25-19-13-7-6-12-18(19)24-20)26-29(27,28)16-9-2-1-3-10-16/h1-13H,14H2,(H,23,24)(H,25,26). The summed E-state index contributed by atoms with van der Waals surface area (Å²) in [6.07, 6.45) is 0. The van der Waals surface area contributed by atoms with Gasteiger partial charge in [0.25, 0.3) is 10.0 Å². The summed E-state index contributed by atoms with van der Waals surface area (Å²) >= 11 is 0. The third-order valence-electron chi connectivity index (χ3n) is 4.26. The molecule has 2 N–H and O–H groups in total. The summed E-state index contributed by atoms with van der Waals surface area (Å²) in [6, 6.07) is 21.4. The Balaban J connectivity index is 1.71. The van der Waals surface area contributed by atoms with Gasteiger partial charge >= 0.3 is 0 Å². The number of aromatic nitrogens is 2. The highest BCUT2D eigenvalue weighted by molar-refractivity contribution is 7.92. The van der Waals surface area contributed by atoms with Crippen molar-refractivity contribution >= 4 is 32.7 Å². The van der Waals surface area contributed by atoms with Crippen LogP contribution >= 0.6 is 0 Å². The number of fused-ring (bicyclic) bond motifs is 1. The van der Waals surface area contributed by atoms with E-state index < -0.39 is 10.0 Å². The molecule has 1 aromatic heterocycles. The van der Waals surface area contributed by atoms with Gasteiger partial charge < -0.3 is 5.32 Å². The normalized spacial score (nSPS) is 11.3. The van der Waals surface area contributed by atoms with E-state index in [1.165, 1.54) is 18.2 Å². The summed E-state index contributed by atoms with van der Waals surface area (Å²) in [5, 5.41) is 3.00. The second kappa shape index (κ2) is 7.84. The van der Waals surface area contributed by atoms with Crippen LogP contribution in [0.4, 0.5) is 16.0 Å². The van der Waals surface area contributed by atoms with Crippen molar-refractivity contribution in [2.24, 2.45) is 0 Å². The third-order valence-corrected chi connectivity index (χ3v) is 5.61. The minimum atomic E-state index is -3.86. The van der Waals surface area contributed by atoms with E-state index in [1.807, 2.05) is 6.07 Å². The van der Waals surface area contributed by atoms with Gasteiger partial charge in [-0.1, -0.05) is 48.5 Å². The summed E-state index contributed by atoms with van der Waals surface area (Å²) in [5.74, 6) is -0.101. The van der Waals surface area contributed by atoms with Gasteiger partial charge in [0, 0.05) is 12.1 Å². The Hall–Kier alpha value is -3.52. The van der Waals surface area contributed by atoms with Crippen molar-refractivity contribution in [3.05, 3.63) is 90.2 Å². The Bertz CT molecular complexity index is 1260. The summed E-state index contributed by atoms with van der Waals surface area (Å²) in [4.78, 5) is 8.99. The molecule has 1 heterocycles.